The van der Waals surface area contributed by atoms with Crippen molar-refractivity contribution in [2.24, 2.45) is 11.8 Å². The van der Waals surface area contributed by atoms with Crippen LogP contribution in [0.5, 0.6) is 0 Å². The minimum Gasteiger partial charge on any atom is -0.381 e. The first kappa shape index (κ1) is 32.6. The third-order valence-corrected chi connectivity index (χ3v) is 9.62. The van der Waals surface area contributed by atoms with Crippen LogP contribution in [0.2, 0.25) is 0 Å². The summed E-state index contributed by atoms with van der Waals surface area (Å²) >= 11 is 0. The van der Waals surface area contributed by atoms with Crippen LogP contribution < -0.4 is 5.32 Å². The summed E-state index contributed by atoms with van der Waals surface area (Å²) in [5, 5.41) is 11.7. The Bertz CT molecular complexity index is 1220. The maximum Gasteiger partial charge on any atom is 0.416 e. The predicted molar refractivity (Wildman–Crippen MR) is 160 cm³/mol. The number of halogens is 3. The second-order valence-electron chi connectivity index (χ2n) is 12.5. The van der Waals surface area contributed by atoms with Gasteiger partial charge < -0.3 is 24.4 Å². The summed E-state index contributed by atoms with van der Waals surface area (Å²) < 4.78 is 56.3. The Balaban J connectivity index is 1.08. The number of hydrogen-bond acceptors (Lipinski definition) is 7. The lowest BCUT2D eigenvalue weighted by atomic mass is 9.86. The van der Waals surface area contributed by atoms with Gasteiger partial charge in [0.2, 0.25) is 0 Å². The van der Waals surface area contributed by atoms with E-state index in [2.05, 4.69) is 15.5 Å². The van der Waals surface area contributed by atoms with E-state index in [1.807, 2.05) is 11.8 Å². The molecule has 0 aliphatic carbocycles. The van der Waals surface area contributed by atoms with E-state index in [9.17, 15) is 18.0 Å². The van der Waals surface area contributed by atoms with Gasteiger partial charge in [0.25, 0.3) is 5.91 Å². The molecule has 3 fully saturated rings. The highest BCUT2D eigenvalue weighted by Crippen LogP contribution is 2.35. The van der Waals surface area contributed by atoms with Crippen LogP contribution in [-0.4, -0.2) is 73.2 Å². The van der Waals surface area contributed by atoms with Crippen molar-refractivity contribution < 1.29 is 32.2 Å². The molecule has 3 aliphatic heterocycles. The number of piperidine rings is 1. The Kier molecular flexibility index (Phi) is 11.1. The Morgan fingerprint density at radius 3 is 2.59 bits per heavy atom. The molecule has 1 aromatic carbocycles. The minimum atomic E-state index is -4.36. The van der Waals surface area contributed by atoms with Crippen molar-refractivity contribution in [2.45, 2.75) is 89.2 Å². The molecule has 0 bridgehead atoms. The highest BCUT2D eigenvalue weighted by atomic mass is 19.4. The van der Waals surface area contributed by atoms with Crippen LogP contribution in [0, 0.1) is 18.8 Å². The Morgan fingerprint density at radius 2 is 1.86 bits per heavy atom. The molecule has 2 aromatic rings. The molecule has 11 heteroatoms. The van der Waals surface area contributed by atoms with Crippen molar-refractivity contribution in [3.05, 3.63) is 52.8 Å². The lowest BCUT2D eigenvalue weighted by Gasteiger charge is -2.33. The first-order valence-electron chi connectivity index (χ1n) is 16.0. The fourth-order valence-corrected chi connectivity index (χ4v) is 6.82. The normalized spacial score (nSPS) is 25.2. The van der Waals surface area contributed by atoms with Gasteiger partial charge in [-0.2, -0.15) is 18.3 Å². The zero-order valence-electron chi connectivity index (χ0n) is 25.8. The standard InChI is InChI=1S/C33H45F3N4O4/c1-22-28(37-19-27-7-4-8-29(44-27)25-9-11-26(12-10-25)33(34,35)36)20-38-39-31(22)32(41)40-16-13-23(14-17-40)5-3-6-24-15-18-43-21-30(24)42-2/h9-12,20,23-24,27,29-30H,3-8,13-19,21H2,1-2H3,(H,37,39)/t24-,27+,29-,30+/m0/s1. The summed E-state index contributed by atoms with van der Waals surface area (Å²) in [4.78, 5) is 15.3. The van der Waals surface area contributed by atoms with Gasteiger partial charge in [0, 0.05) is 38.9 Å². The zero-order valence-corrected chi connectivity index (χ0v) is 25.8. The molecular weight excluding hydrogens is 573 g/mol. The van der Waals surface area contributed by atoms with Crippen LogP contribution in [0.4, 0.5) is 18.9 Å². The van der Waals surface area contributed by atoms with Gasteiger partial charge in [0.05, 0.1) is 42.4 Å². The molecule has 3 saturated heterocycles. The molecule has 0 unspecified atom stereocenters. The lowest BCUT2D eigenvalue weighted by Crippen LogP contribution is -2.39. The number of likely N-dealkylation sites (tertiary alicyclic amines) is 1. The average Bonchev–Trinajstić information content (AvgIpc) is 3.04. The van der Waals surface area contributed by atoms with Gasteiger partial charge >= 0.3 is 6.18 Å². The van der Waals surface area contributed by atoms with Gasteiger partial charge in [0.15, 0.2) is 5.69 Å². The van der Waals surface area contributed by atoms with E-state index >= 15 is 0 Å². The van der Waals surface area contributed by atoms with Crippen molar-refractivity contribution in [3.8, 4) is 0 Å². The van der Waals surface area contributed by atoms with E-state index in [1.165, 1.54) is 25.0 Å². The first-order valence-corrected chi connectivity index (χ1v) is 16.0. The van der Waals surface area contributed by atoms with Crippen LogP contribution in [0.1, 0.15) is 91.1 Å². The minimum absolute atomic E-state index is 0.0847. The Morgan fingerprint density at radius 1 is 1.09 bits per heavy atom. The molecule has 0 saturated carbocycles. The highest BCUT2D eigenvalue weighted by Gasteiger charge is 2.32. The fourth-order valence-electron chi connectivity index (χ4n) is 6.82. The smallest absolute Gasteiger partial charge is 0.381 e. The SMILES string of the molecule is CO[C@@H]1COCC[C@@H]1CCCC1CCN(C(=O)c2nncc(NC[C@H]3CCC[C@@H](c4ccc(C(F)(F)F)cc4)O3)c2C)CC1. The summed E-state index contributed by atoms with van der Waals surface area (Å²) in [6, 6.07) is 5.23. The van der Waals surface area contributed by atoms with Crippen molar-refractivity contribution in [1.29, 1.82) is 0 Å². The van der Waals surface area contributed by atoms with Gasteiger partial charge in [0.1, 0.15) is 0 Å². The number of methoxy groups -OCH3 is 1. The molecule has 1 aromatic heterocycles. The number of anilines is 1. The zero-order chi connectivity index (χ0) is 31.1. The van der Waals surface area contributed by atoms with Crippen LogP contribution >= 0.6 is 0 Å². The third-order valence-electron chi connectivity index (χ3n) is 9.62. The number of aromatic nitrogens is 2. The van der Waals surface area contributed by atoms with Crippen molar-refractivity contribution in [1.82, 2.24) is 15.1 Å². The van der Waals surface area contributed by atoms with E-state index in [0.29, 0.717) is 30.7 Å². The quantitative estimate of drug-likeness (QED) is 0.321. The number of nitrogens with zero attached hydrogens (tertiary/aromatic N) is 3. The maximum atomic E-state index is 13.4. The van der Waals surface area contributed by atoms with Gasteiger partial charge in [-0.3, -0.25) is 4.79 Å². The van der Waals surface area contributed by atoms with Crippen LogP contribution in [0.25, 0.3) is 0 Å². The van der Waals surface area contributed by atoms with E-state index < -0.39 is 11.7 Å². The number of hydrogen-bond donors (Lipinski definition) is 1. The van der Waals surface area contributed by atoms with E-state index in [4.69, 9.17) is 14.2 Å². The number of benzene rings is 1. The number of ether oxygens (including phenoxy) is 3. The number of nitrogens with one attached hydrogen (secondary N) is 1. The van der Waals surface area contributed by atoms with E-state index in [1.54, 1.807) is 13.3 Å². The topological polar surface area (TPSA) is 85.8 Å². The van der Waals surface area contributed by atoms with E-state index in [-0.39, 0.29) is 24.2 Å². The molecule has 5 rings (SSSR count). The molecule has 1 amide bonds. The lowest BCUT2D eigenvalue weighted by molar-refractivity contribution is -0.137. The highest BCUT2D eigenvalue weighted by molar-refractivity contribution is 5.94. The van der Waals surface area contributed by atoms with Gasteiger partial charge in [-0.05, 0) is 81.4 Å². The first-order chi connectivity index (χ1) is 21.2. The third kappa shape index (κ3) is 8.28. The number of rotatable bonds is 10. The van der Waals surface area contributed by atoms with Gasteiger partial charge in [-0.25, -0.2) is 0 Å². The van der Waals surface area contributed by atoms with Crippen LogP contribution in [0.15, 0.2) is 30.5 Å². The van der Waals surface area contributed by atoms with Gasteiger partial charge in [-0.1, -0.05) is 25.0 Å². The van der Waals surface area contributed by atoms with Crippen molar-refractivity contribution >= 4 is 11.6 Å². The fraction of sp³-hybridized carbons (Fsp3) is 0.667. The number of alkyl halides is 3. The molecule has 1 N–H and O–H groups in total. The maximum absolute atomic E-state index is 13.4. The molecule has 44 heavy (non-hydrogen) atoms. The number of amides is 1. The van der Waals surface area contributed by atoms with Gasteiger partial charge in [-0.15, -0.1) is 5.10 Å². The number of carbonyl (C=O) groups is 1. The molecule has 8 nitrogen and oxygen atoms in total. The second-order valence-corrected chi connectivity index (χ2v) is 12.5. The largest absolute Gasteiger partial charge is 0.416 e. The molecule has 3 aliphatic rings. The monoisotopic (exact) mass is 618 g/mol. The molecule has 0 radical (unpaired) electrons. The van der Waals surface area contributed by atoms with Crippen molar-refractivity contribution in [2.75, 3.05) is 45.3 Å². The van der Waals surface area contributed by atoms with Crippen LogP contribution in [0.3, 0.4) is 0 Å². The predicted octanol–water partition coefficient (Wildman–Crippen LogP) is 6.60. The molecule has 0 spiro atoms. The van der Waals surface area contributed by atoms with E-state index in [0.717, 1.165) is 93.6 Å². The summed E-state index contributed by atoms with van der Waals surface area (Å²) in [5.74, 6) is 1.11. The van der Waals surface area contributed by atoms with Crippen LogP contribution in [-0.2, 0) is 20.4 Å². The summed E-state index contributed by atoms with van der Waals surface area (Å²) in [5.41, 5.74) is 1.95. The van der Waals surface area contributed by atoms with Crippen molar-refractivity contribution in [3.63, 3.8) is 0 Å². The molecular formula is C33H45F3N4O4. The second kappa shape index (κ2) is 15.0. The Labute approximate surface area is 258 Å². The summed E-state index contributed by atoms with van der Waals surface area (Å²) in [7, 11) is 1.77. The number of carbonyl (C=O) groups excluding carboxylic acids is 1. The average molecular weight is 619 g/mol. The molecule has 4 heterocycles. The molecule has 242 valence electrons. The summed E-state index contributed by atoms with van der Waals surface area (Å²) in [6.07, 6.45) is 6.20. The summed E-state index contributed by atoms with van der Waals surface area (Å²) in [6.45, 7) is 5.35. The Hall–Kier alpha value is -2.76. The molecule has 4 atom stereocenters.